The van der Waals surface area contributed by atoms with E-state index in [-0.39, 0.29) is 6.04 Å². The molecule has 0 unspecified atom stereocenters. The zero-order valence-electron chi connectivity index (χ0n) is 8.19. The maximum Gasteiger partial charge on any atom is 0.237 e. The van der Waals surface area contributed by atoms with Gasteiger partial charge in [0.2, 0.25) is 6.04 Å². The number of hydrogen-bond donors (Lipinski definition) is 0. The third kappa shape index (κ3) is 2.12. The number of benzene rings is 1. The summed E-state index contributed by atoms with van der Waals surface area (Å²) in [5, 5.41) is 0. The first kappa shape index (κ1) is 9.23. The Morgan fingerprint density at radius 2 is 2.14 bits per heavy atom. The second-order valence-corrected chi connectivity index (χ2v) is 3.79. The van der Waals surface area contributed by atoms with Crippen LogP contribution in [0.1, 0.15) is 12.0 Å². The highest BCUT2D eigenvalue weighted by atomic mass is 15.2. The van der Waals surface area contributed by atoms with Crippen LogP contribution in [0.2, 0.25) is 0 Å². The maximum absolute atomic E-state index is 6.97. The van der Waals surface area contributed by atoms with Crippen molar-refractivity contribution in [3.63, 3.8) is 0 Å². The van der Waals surface area contributed by atoms with E-state index in [9.17, 15) is 0 Å². The summed E-state index contributed by atoms with van der Waals surface area (Å²) in [6.07, 6.45) is 1.04. The van der Waals surface area contributed by atoms with Gasteiger partial charge in [0.1, 0.15) is 0 Å². The van der Waals surface area contributed by atoms with Gasteiger partial charge in [0.05, 0.1) is 6.54 Å². The van der Waals surface area contributed by atoms with E-state index in [2.05, 4.69) is 34.0 Å². The Balaban J connectivity index is 1.91. The van der Waals surface area contributed by atoms with E-state index in [0.29, 0.717) is 0 Å². The minimum absolute atomic E-state index is 0.235. The van der Waals surface area contributed by atoms with Crippen LogP contribution in [0.5, 0.6) is 0 Å². The predicted molar refractivity (Wildman–Crippen MR) is 56.7 cm³/mol. The standard InChI is InChI=1S/C12H14N2/c1-13-12-7-8-14(10-12)9-11-5-3-2-4-6-11/h2-6,12H,7-10H2/t12-/m1/s1. The Bertz CT molecular complexity index is 326. The molecule has 2 heteroatoms. The molecule has 1 saturated heterocycles. The minimum Gasteiger partial charge on any atom is -0.312 e. The van der Waals surface area contributed by atoms with Gasteiger partial charge in [0.15, 0.2) is 0 Å². The van der Waals surface area contributed by atoms with Gasteiger partial charge in [0.25, 0.3) is 0 Å². The van der Waals surface area contributed by atoms with Gasteiger partial charge in [-0.3, -0.25) is 4.90 Å². The monoisotopic (exact) mass is 186 g/mol. The molecule has 1 aromatic rings. The molecular formula is C12H14N2. The summed E-state index contributed by atoms with van der Waals surface area (Å²) >= 11 is 0. The summed E-state index contributed by atoms with van der Waals surface area (Å²) in [6, 6.07) is 10.7. The smallest absolute Gasteiger partial charge is 0.237 e. The molecule has 0 spiro atoms. The second kappa shape index (κ2) is 4.26. The lowest BCUT2D eigenvalue weighted by Crippen LogP contribution is -2.20. The van der Waals surface area contributed by atoms with E-state index in [1.807, 2.05) is 6.07 Å². The molecule has 0 bridgehead atoms. The highest BCUT2D eigenvalue weighted by Gasteiger charge is 2.25. The Labute approximate surface area is 85.0 Å². The summed E-state index contributed by atoms with van der Waals surface area (Å²) in [4.78, 5) is 5.95. The van der Waals surface area contributed by atoms with E-state index >= 15 is 0 Å². The molecule has 1 aliphatic rings. The molecule has 0 radical (unpaired) electrons. The molecule has 14 heavy (non-hydrogen) atoms. The summed E-state index contributed by atoms with van der Waals surface area (Å²) in [7, 11) is 0. The van der Waals surface area contributed by atoms with Crippen molar-refractivity contribution in [1.29, 1.82) is 0 Å². The van der Waals surface area contributed by atoms with Crippen molar-refractivity contribution in [1.82, 2.24) is 4.90 Å². The fourth-order valence-corrected chi connectivity index (χ4v) is 1.90. The second-order valence-electron chi connectivity index (χ2n) is 3.79. The normalized spacial score (nSPS) is 22.1. The molecule has 0 aliphatic carbocycles. The van der Waals surface area contributed by atoms with E-state index in [1.165, 1.54) is 5.56 Å². The lowest BCUT2D eigenvalue weighted by molar-refractivity contribution is 0.330. The van der Waals surface area contributed by atoms with E-state index in [0.717, 1.165) is 26.1 Å². The fraction of sp³-hybridized carbons (Fsp3) is 0.417. The molecule has 1 aliphatic heterocycles. The first-order valence-electron chi connectivity index (χ1n) is 5.01. The minimum atomic E-state index is 0.235. The van der Waals surface area contributed by atoms with E-state index < -0.39 is 0 Å². The lowest BCUT2D eigenvalue weighted by Gasteiger charge is -2.13. The van der Waals surface area contributed by atoms with Crippen molar-refractivity contribution in [2.75, 3.05) is 13.1 Å². The molecule has 0 aromatic heterocycles. The van der Waals surface area contributed by atoms with Crippen LogP contribution in [0.3, 0.4) is 0 Å². The van der Waals surface area contributed by atoms with Crippen molar-refractivity contribution in [3.8, 4) is 0 Å². The van der Waals surface area contributed by atoms with Crippen molar-refractivity contribution in [2.24, 2.45) is 0 Å². The molecule has 1 aromatic carbocycles. The van der Waals surface area contributed by atoms with Gasteiger partial charge in [-0.05, 0) is 5.56 Å². The highest BCUT2D eigenvalue weighted by Crippen LogP contribution is 2.15. The van der Waals surface area contributed by atoms with Gasteiger partial charge in [0, 0.05) is 19.5 Å². The number of hydrogen-bond acceptors (Lipinski definition) is 1. The molecule has 1 heterocycles. The third-order valence-electron chi connectivity index (χ3n) is 2.68. The zero-order valence-corrected chi connectivity index (χ0v) is 8.19. The quantitative estimate of drug-likeness (QED) is 0.642. The molecule has 2 nitrogen and oxygen atoms in total. The average Bonchev–Trinajstić information content (AvgIpc) is 2.67. The van der Waals surface area contributed by atoms with Gasteiger partial charge in [-0.15, -0.1) is 0 Å². The third-order valence-corrected chi connectivity index (χ3v) is 2.68. The molecule has 72 valence electrons. The first-order chi connectivity index (χ1) is 6.88. The van der Waals surface area contributed by atoms with Crippen LogP contribution in [-0.4, -0.2) is 24.0 Å². The van der Waals surface area contributed by atoms with Crippen molar-refractivity contribution < 1.29 is 0 Å². The Morgan fingerprint density at radius 1 is 1.36 bits per heavy atom. The van der Waals surface area contributed by atoms with Crippen LogP contribution in [-0.2, 0) is 6.54 Å². The molecule has 0 amide bonds. The zero-order chi connectivity index (χ0) is 9.80. The number of likely N-dealkylation sites (tertiary alicyclic amines) is 1. The summed E-state index contributed by atoms with van der Waals surface area (Å²) < 4.78 is 0. The van der Waals surface area contributed by atoms with Crippen LogP contribution in [0.15, 0.2) is 30.3 Å². The largest absolute Gasteiger partial charge is 0.312 e. The van der Waals surface area contributed by atoms with Crippen molar-refractivity contribution in [2.45, 2.75) is 19.0 Å². The van der Waals surface area contributed by atoms with Gasteiger partial charge >= 0.3 is 0 Å². The van der Waals surface area contributed by atoms with Crippen LogP contribution in [0.4, 0.5) is 0 Å². The number of nitrogens with zero attached hydrogens (tertiary/aromatic N) is 2. The SMILES string of the molecule is [C-]#[N+][C@@H]1CCN(Cc2ccccc2)C1. The van der Waals surface area contributed by atoms with Gasteiger partial charge in [-0.2, -0.15) is 0 Å². The summed E-state index contributed by atoms with van der Waals surface area (Å²) in [5.74, 6) is 0. The average molecular weight is 186 g/mol. The Hall–Kier alpha value is -1.33. The maximum atomic E-state index is 6.97. The first-order valence-corrected chi connectivity index (χ1v) is 5.01. The van der Waals surface area contributed by atoms with Gasteiger partial charge in [-0.1, -0.05) is 30.3 Å². The van der Waals surface area contributed by atoms with Crippen LogP contribution in [0, 0.1) is 6.57 Å². The van der Waals surface area contributed by atoms with Crippen LogP contribution < -0.4 is 0 Å². The Kier molecular flexibility index (Phi) is 2.81. The van der Waals surface area contributed by atoms with Gasteiger partial charge in [-0.25, -0.2) is 6.57 Å². The van der Waals surface area contributed by atoms with Crippen molar-refractivity contribution in [3.05, 3.63) is 47.3 Å². The Morgan fingerprint density at radius 3 is 2.79 bits per heavy atom. The molecule has 2 rings (SSSR count). The fourth-order valence-electron chi connectivity index (χ4n) is 1.90. The lowest BCUT2D eigenvalue weighted by atomic mass is 10.2. The molecule has 1 fully saturated rings. The van der Waals surface area contributed by atoms with E-state index in [1.54, 1.807) is 0 Å². The van der Waals surface area contributed by atoms with Crippen molar-refractivity contribution >= 4 is 0 Å². The number of rotatable bonds is 2. The molecule has 0 N–H and O–H groups in total. The van der Waals surface area contributed by atoms with Gasteiger partial charge < -0.3 is 4.85 Å². The molecule has 1 atom stereocenters. The van der Waals surface area contributed by atoms with Crippen LogP contribution >= 0.6 is 0 Å². The van der Waals surface area contributed by atoms with Crippen LogP contribution in [0.25, 0.3) is 4.85 Å². The predicted octanol–water partition coefficient (Wildman–Crippen LogP) is 2.18. The summed E-state index contributed by atoms with van der Waals surface area (Å²) in [5.41, 5.74) is 1.35. The topological polar surface area (TPSA) is 7.60 Å². The highest BCUT2D eigenvalue weighted by molar-refractivity contribution is 5.14. The molecular weight excluding hydrogens is 172 g/mol. The summed E-state index contributed by atoms with van der Waals surface area (Å²) in [6.45, 7) is 9.98. The molecule has 0 saturated carbocycles. The van der Waals surface area contributed by atoms with E-state index in [4.69, 9.17) is 6.57 Å².